The van der Waals surface area contributed by atoms with Crippen molar-refractivity contribution in [2.24, 2.45) is 0 Å². The Labute approximate surface area is 90.4 Å². The molecule has 2 atom stereocenters. The van der Waals surface area contributed by atoms with Crippen LogP contribution in [0.1, 0.15) is 6.92 Å². The van der Waals surface area contributed by atoms with E-state index in [1.807, 2.05) is 0 Å². The maximum Gasteiger partial charge on any atom is 1.00 e. The van der Waals surface area contributed by atoms with Gasteiger partial charge >= 0.3 is 37.2 Å². The van der Waals surface area contributed by atoms with Crippen LogP contribution in [0.2, 0.25) is 0 Å². The number of hydrogen-bond acceptors (Lipinski definition) is 4. The molecule has 0 aromatic carbocycles. The molecule has 0 heterocycles. The quantitative estimate of drug-likeness (QED) is 0.275. The minimum atomic E-state index is -5.45. The molecular weight excluding hydrogens is 221 g/mol. The molecule has 0 aromatic rings. The molecule has 4 N–H and O–H groups in total. The average molecular weight is 228 g/mol. The molecule has 7 nitrogen and oxygen atoms in total. The van der Waals surface area contributed by atoms with Gasteiger partial charge in [-0.25, -0.2) is 0 Å². The molecule has 0 saturated carbocycles. The minimum absolute atomic E-state index is 0. The van der Waals surface area contributed by atoms with E-state index in [0.717, 1.165) is 0 Å². The summed E-state index contributed by atoms with van der Waals surface area (Å²) < 4.78 is 20.4. The van der Waals surface area contributed by atoms with E-state index in [-0.39, 0.29) is 29.6 Å². The van der Waals surface area contributed by atoms with Crippen molar-refractivity contribution < 1.29 is 63.4 Å². The SMILES string of the molecule is CC(O)(P(=O)([O-])O)P(=O)(O)O.[Na+]. The molecule has 0 amide bonds. The molecule has 68 valence electrons. The van der Waals surface area contributed by atoms with Gasteiger partial charge in [0, 0.05) is 0 Å². The van der Waals surface area contributed by atoms with Gasteiger partial charge in [0.1, 0.15) is 0 Å². The molecule has 0 bridgehead atoms. The van der Waals surface area contributed by atoms with Gasteiger partial charge in [-0.1, -0.05) is 0 Å². The molecule has 0 aliphatic carbocycles. The van der Waals surface area contributed by atoms with Crippen LogP contribution in [-0.4, -0.2) is 24.9 Å². The zero-order valence-corrected chi connectivity index (χ0v) is 10.2. The van der Waals surface area contributed by atoms with Gasteiger partial charge in [0.2, 0.25) is 5.08 Å². The third-order valence-electron chi connectivity index (χ3n) is 1.09. The van der Waals surface area contributed by atoms with Crippen LogP contribution in [-0.2, 0) is 9.13 Å². The third-order valence-corrected chi connectivity index (χ3v) is 4.80. The van der Waals surface area contributed by atoms with Crippen LogP contribution in [0.4, 0.5) is 0 Å². The number of rotatable bonds is 2. The number of hydrogen-bond donors (Lipinski definition) is 4. The summed E-state index contributed by atoms with van der Waals surface area (Å²) in [6.45, 7) is 0.321. The van der Waals surface area contributed by atoms with Gasteiger partial charge in [-0.3, -0.25) is 4.57 Å². The Morgan fingerprint density at radius 2 is 1.50 bits per heavy atom. The second kappa shape index (κ2) is 4.19. The van der Waals surface area contributed by atoms with Gasteiger partial charge in [0.05, 0.1) is 0 Å². The van der Waals surface area contributed by atoms with Crippen molar-refractivity contribution in [3.63, 3.8) is 0 Å². The van der Waals surface area contributed by atoms with E-state index in [1.165, 1.54) is 0 Å². The van der Waals surface area contributed by atoms with Crippen molar-refractivity contribution in [2.45, 2.75) is 12.0 Å². The Balaban J connectivity index is 0. The molecule has 0 saturated heterocycles. The Hall–Kier alpha value is 1.26. The summed E-state index contributed by atoms with van der Waals surface area (Å²) in [5, 5.41) is 5.20. The maximum atomic E-state index is 10.2. The van der Waals surface area contributed by atoms with Crippen LogP contribution in [0.15, 0.2) is 0 Å². The molecule has 12 heavy (non-hydrogen) atoms. The summed E-state index contributed by atoms with van der Waals surface area (Å²) in [4.78, 5) is 34.7. The van der Waals surface area contributed by atoms with E-state index in [2.05, 4.69) is 0 Å². The van der Waals surface area contributed by atoms with Gasteiger partial charge in [-0.05, 0) is 6.92 Å². The molecule has 0 aliphatic heterocycles. The first-order valence-corrected chi connectivity index (χ1v) is 5.51. The van der Waals surface area contributed by atoms with Crippen LogP contribution in [0, 0.1) is 0 Å². The fourth-order valence-electron chi connectivity index (χ4n) is 0.165. The molecule has 0 radical (unpaired) electrons. The van der Waals surface area contributed by atoms with Crippen LogP contribution in [0.5, 0.6) is 0 Å². The molecule has 0 fully saturated rings. The second-order valence-electron chi connectivity index (χ2n) is 2.04. The Morgan fingerprint density at radius 1 is 1.25 bits per heavy atom. The van der Waals surface area contributed by atoms with Gasteiger partial charge in [-0.2, -0.15) is 0 Å². The Bertz CT molecular complexity index is 212. The fraction of sp³-hybridized carbons (Fsp3) is 1.00. The smallest absolute Gasteiger partial charge is 0.776 e. The molecule has 2 unspecified atom stereocenters. The van der Waals surface area contributed by atoms with Crippen LogP contribution in [0.25, 0.3) is 0 Å². The van der Waals surface area contributed by atoms with Crippen LogP contribution < -0.4 is 34.5 Å². The fourth-order valence-corrected chi connectivity index (χ4v) is 1.48. The standard InChI is InChI=1S/C2H8O7P2.Na/c1-2(3,10(4,5)6)11(7,8)9;/h3H,1H3,(H2,4,5,6)(H2,7,8,9);/q;+1/p-1. The van der Waals surface area contributed by atoms with E-state index < -0.39 is 20.3 Å². The van der Waals surface area contributed by atoms with E-state index in [0.29, 0.717) is 6.92 Å². The largest absolute Gasteiger partial charge is 1.00 e. The van der Waals surface area contributed by atoms with E-state index in [1.54, 1.807) is 0 Å². The van der Waals surface area contributed by atoms with Crippen molar-refractivity contribution in [2.75, 3.05) is 0 Å². The van der Waals surface area contributed by atoms with Crippen molar-refractivity contribution in [3.8, 4) is 0 Å². The van der Waals surface area contributed by atoms with Crippen molar-refractivity contribution in [3.05, 3.63) is 0 Å². The average Bonchev–Trinajstić information content (AvgIpc) is 1.58. The molecule has 0 aromatic heterocycles. The summed E-state index contributed by atoms with van der Waals surface area (Å²) in [6.07, 6.45) is 0. The topological polar surface area (TPSA) is 138 Å². The van der Waals surface area contributed by atoms with E-state index in [4.69, 9.17) is 19.8 Å². The van der Waals surface area contributed by atoms with Crippen molar-refractivity contribution >= 4 is 15.2 Å². The Morgan fingerprint density at radius 3 is 1.50 bits per heavy atom. The van der Waals surface area contributed by atoms with Gasteiger partial charge in [0.15, 0.2) is 7.60 Å². The summed E-state index contributed by atoms with van der Waals surface area (Å²) in [7, 11) is -10.7. The predicted octanol–water partition coefficient (Wildman–Crippen LogP) is -4.62. The zero-order chi connectivity index (χ0) is 9.50. The first-order valence-electron chi connectivity index (χ1n) is 2.32. The third kappa shape index (κ3) is 3.20. The zero-order valence-electron chi connectivity index (χ0n) is 6.41. The van der Waals surface area contributed by atoms with Crippen LogP contribution in [0.3, 0.4) is 0 Å². The molecule has 0 rings (SSSR count). The summed E-state index contributed by atoms with van der Waals surface area (Å²) >= 11 is 0. The van der Waals surface area contributed by atoms with Gasteiger partial charge in [-0.15, -0.1) is 0 Å². The first-order chi connectivity index (χ1) is 4.50. The summed E-state index contributed by atoms with van der Waals surface area (Å²) in [5.41, 5.74) is 0. The monoisotopic (exact) mass is 228 g/mol. The summed E-state index contributed by atoms with van der Waals surface area (Å²) in [6, 6.07) is 0. The van der Waals surface area contributed by atoms with Gasteiger partial charge < -0.3 is 29.2 Å². The molecule has 10 heteroatoms. The van der Waals surface area contributed by atoms with Crippen LogP contribution >= 0.6 is 15.2 Å². The molecule has 0 aliphatic rings. The molecule has 0 spiro atoms. The molecular formula is C2H7NaO7P2. The summed E-state index contributed by atoms with van der Waals surface area (Å²) in [5.74, 6) is 0. The normalized spacial score (nSPS) is 21.8. The minimum Gasteiger partial charge on any atom is -0.776 e. The van der Waals surface area contributed by atoms with Crippen molar-refractivity contribution in [1.29, 1.82) is 0 Å². The Kier molecular flexibility index (Phi) is 5.49. The van der Waals surface area contributed by atoms with E-state index in [9.17, 15) is 14.0 Å². The number of aliphatic hydroxyl groups is 1. The maximum absolute atomic E-state index is 10.2. The van der Waals surface area contributed by atoms with Crippen molar-refractivity contribution in [1.82, 2.24) is 0 Å². The first kappa shape index (κ1) is 15.7. The van der Waals surface area contributed by atoms with E-state index >= 15 is 0 Å². The van der Waals surface area contributed by atoms with Gasteiger partial charge in [0.25, 0.3) is 0 Å². The second-order valence-corrected chi connectivity index (χ2v) is 6.26. The predicted molar refractivity (Wildman–Crippen MR) is 32.5 cm³/mol.